The molecule has 0 aliphatic carbocycles. The molecular weight excluding hydrogens is 281 g/mol. The van der Waals surface area contributed by atoms with Gasteiger partial charge in [-0.3, -0.25) is 4.79 Å². The first-order chi connectivity index (χ1) is 7.13. The molecule has 0 aliphatic heterocycles. The lowest BCUT2D eigenvalue weighted by Crippen LogP contribution is -1.97. The zero-order valence-corrected chi connectivity index (χ0v) is 10.2. The fraction of sp³-hybridized carbons (Fsp3) is 0.200. The van der Waals surface area contributed by atoms with Gasteiger partial charge in [0.05, 0.1) is 11.6 Å². The molecule has 1 heterocycles. The van der Waals surface area contributed by atoms with Gasteiger partial charge >= 0.3 is 5.97 Å². The fourth-order valence-electron chi connectivity index (χ4n) is 0.793. The lowest BCUT2D eigenvalue weighted by Gasteiger charge is -1.95. The molecule has 1 rings (SSSR count). The summed E-state index contributed by atoms with van der Waals surface area (Å²) in [5.41, 5.74) is 0.693. The summed E-state index contributed by atoms with van der Waals surface area (Å²) in [5, 5.41) is 0.362. The van der Waals surface area contributed by atoms with Gasteiger partial charge in [-0.2, -0.15) is 0 Å². The minimum Gasteiger partial charge on any atom is -0.468 e. The number of carbonyl (C=O) groups excluding carboxylic acids is 1. The number of hydrogen-bond donors (Lipinski definition) is 0. The number of carbonyl (C=O) groups is 1. The van der Waals surface area contributed by atoms with Crippen LogP contribution in [0.3, 0.4) is 0 Å². The summed E-state index contributed by atoms with van der Waals surface area (Å²) in [7, 11) is 1.32. The lowest BCUT2D eigenvalue weighted by atomic mass is 10.2. The van der Waals surface area contributed by atoms with Gasteiger partial charge < -0.3 is 4.74 Å². The average Bonchev–Trinajstić information content (AvgIpc) is 2.23. The Balaban J connectivity index is 2.79. The number of esters is 1. The Morgan fingerprint density at radius 1 is 1.73 bits per heavy atom. The molecule has 0 radical (unpaired) electrons. The van der Waals surface area contributed by atoms with E-state index in [4.69, 9.17) is 11.6 Å². The van der Waals surface area contributed by atoms with E-state index in [1.54, 1.807) is 12.3 Å². The molecular formula is C10H7BrClNO2. The van der Waals surface area contributed by atoms with Gasteiger partial charge in [0, 0.05) is 11.8 Å². The van der Waals surface area contributed by atoms with Crippen LogP contribution in [0.25, 0.3) is 0 Å². The largest absolute Gasteiger partial charge is 0.468 e. The van der Waals surface area contributed by atoms with E-state index in [0.29, 0.717) is 10.7 Å². The normalized spacial score (nSPS) is 9.00. The third-order valence-electron chi connectivity index (χ3n) is 1.51. The van der Waals surface area contributed by atoms with Crippen LogP contribution in [-0.2, 0) is 9.53 Å². The number of methoxy groups -OCH3 is 1. The van der Waals surface area contributed by atoms with Gasteiger partial charge in [-0.25, -0.2) is 4.98 Å². The number of aromatic nitrogens is 1. The molecule has 0 spiro atoms. The second kappa shape index (κ2) is 5.74. The second-order valence-electron chi connectivity index (χ2n) is 2.54. The number of pyridine rings is 1. The summed E-state index contributed by atoms with van der Waals surface area (Å²) < 4.78 is 5.19. The summed E-state index contributed by atoms with van der Waals surface area (Å²) in [6, 6.07) is 1.62. The van der Waals surface area contributed by atoms with Crippen molar-refractivity contribution in [2.45, 2.75) is 6.42 Å². The standard InChI is InChI=1S/C10H7BrClNO2/c1-15-10(14)4-2-3-7-5-9(12)13-6-8(7)11/h5-6H,4H2,1H3. The highest BCUT2D eigenvalue weighted by atomic mass is 79.9. The molecule has 0 saturated heterocycles. The highest BCUT2D eigenvalue weighted by molar-refractivity contribution is 9.10. The van der Waals surface area contributed by atoms with Crippen LogP contribution in [0.5, 0.6) is 0 Å². The number of nitrogens with zero attached hydrogens (tertiary/aromatic N) is 1. The average molecular weight is 289 g/mol. The Bertz CT molecular complexity index is 437. The molecule has 5 heteroatoms. The molecule has 1 aromatic heterocycles. The third kappa shape index (κ3) is 3.90. The van der Waals surface area contributed by atoms with E-state index < -0.39 is 0 Å². The van der Waals surface area contributed by atoms with Gasteiger partial charge in [-0.15, -0.1) is 0 Å². The smallest absolute Gasteiger partial charge is 0.317 e. The highest BCUT2D eigenvalue weighted by Gasteiger charge is 1.99. The maximum Gasteiger partial charge on any atom is 0.317 e. The summed E-state index contributed by atoms with van der Waals surface area (Å²) in [6.45, 7) is 0. The molecule has 0 atom stereocenters. The van der Waals surface area contributed by atoms with Crippen LogP contribution in [0.2, 0.25) is 5.15 Å². The first kappa shape index (κ1) is 12.0. The Morgan fingerprint density at radius 3 is 3.13 bits per heavy atom. The molecule has 1 aromatic rings. The van der Waals surface area contributed by atoms with Crippen molar-refractivity contribution in [1.82, 2.24) is 4.98 Å². The number of halogens is 2. The predicted octanol–water partition coefficient (Wildman–Crippen LogP) is 2.41. The number of ether oxygens (including phenoxy) is 1. The monoisotopic (exact) mass is 287 g/mol. The van der Waals surface area contributed by atoms with Crippen molar-refractivity contribution in [1.29, 1.82) is 0 Å². The van der Waals surface area contributed by atoms with Crippen LogP contribution in [0.1, 0.15) is 12.0 Å². The molecule has 0 saturated carbocycles. The van der Waals surface area contributed by atoms with Crippen LogP contribution in [0, 0.1) is 11.8 Å². The van der Waals surface area contributed by atoms with Crippen molar-refractivity contribution in [3.8, 4) is 11.8 Å². The maximum atomic E-state index is 10.8. The van der Waals surface area contributed by atoms with Crippen molar-refractivity contribution < 1.29 is 9.53 Å². The molecule has 0 unspecified atom stereocenters. The highest BCUT2D eigenvalue weighted by Crippen LogP contribution is 2.17. The molecule has 78 valence electrons. The zero-order valence-electron chi connectivity index (χ0n) is 7.88. The summed E-state index contributed by atoms with van der Waals surface area (Å²) in [4.78, 5) is 14.6. The van der Waals surface area contributed by atoms with Gasteiger partial charge in [0.2, 0.25) is 0 Å². The SMILES string of the molecule is COC(=O)CC#Cc1cc(Cl)ncc1Br. The Labute approximate surface area is 101 Å². The molecule has 15 heavy (non-hydrogen) atoms. The summed E-state index contributed by atoms with van der Waals surface area (Å²) >= 11 is 8.97. The minimum atomic E-state index is -0.362. The van der Waals surface area contributed by atoms with Crippen molar-refractivity contribution in [3.63, 3.8) is 0 Å². The number of rotatable bonds is 1. The van der Waals surface area contributed by atoms with Gasteiger partial charge in [0.25, 0.3) is 0 Å². The van der Waals surface area contributed by atoms with Gasteiger partial charge in [-0.05, 0) is 22.0 Å². The van der Waals surface area contributed by atoms with Gasteiger partial charge in [-0.1, -0.05) is 23.4 Å². The lowest BCUT2D eigenvalue weighted by molar-refractivity contribution is -0.139. The van der Waals surface area contributed by atoms with E-state index in [-0.39, 0.29) is 12.4 Å². The van der Waals surface area contributed by atoms with E-state index in [1.807, 2.05) is 0 Å². The van der Waals surface area contributed by atoms with Crippen LogP contribution in [0.4, 0.5) is 0 Å². The maximum absolute atomic E-state index is 10.8. The van der Waals surface area contributed by atoms with Gasteiger partial charge in [0.1, 0.15) is 11.6 Å². The van der Waals surface area contributed by atoms with Crippen LogP contribution in [-0.4, -0.2) is 18.1 Å². The summed E-state index contributed by atoms with van der Waals surface area (Å²) in [5.74, 6) is 5.11. The van der Waals surface area contributed by atoms with Crippen molar-refractivity contribution in [2.75, 3.05) is 7.11 Å². The molecule has 0 N–H and O–H groups in total. The minimum absolute atomic E-state index is 0.0584. The Hall–Kier alpha value is -1.05. The Kier molecular flexibility index (Phi) is 4.60. The topological polar surface area (TPSA) is 39.2 Å². The first-order valence-corrected chi connectivity index (χ1v) is 5.17. The van der Waals surface area contributed by atoms with E-state index in [0.717, 1.165) is 4.47 Å². The van der Waals surface area contributed by atoms with Crippen LogP contribution < -0.4 is 0 Å². The number of hydrogen-bond acceptors (Lipinski definition) is 3. The predicted molar refractivity (Wildman–Crippen MR) is 60.5 cm³/mol. The summed E-state index contributed by atoms with van der Waals surface area (Å²) in [6.07, 6.45) is 1.62. The molecule has 0 aromatic carbocycles. The zero-order chi connectivity index (χ0) is 11.3. The van der Waals surface area contributed by atoms with Crippen molar-refractivity contribution in [2.24, 2.45) is 0 Å². The van der Waals surface area contributed by atoms with Gasteiger partial charge in [0.15, 0.2) is 0 Å². The van der Waals surface area contributed by atoms with E-state index >= 15 is 0 Å². The molecule has 0 bridgehead atoms. The van der Waals surface area contributed by atoms with E-state index in [9.17, 15) is 4.79 Å². The Morgan fingerprint density at radius 2 is 2.47 bits per heavy atom. The fourth-order valence-corrected chi connectivity index (χ4v) is 1.27. The van der Waals surface area contributed by atoms with E-state index in [2.05, 4.69) is 37.5 Å². The third-order valence-corrected chi connectivity index (χ3v) is 2.34. The van der Waals surface area contributed by atoms with Crippen LogP contribution >= 0.6 is 27.5 Å². The molecule has 0 fully saturated rings. The van der Waals surface area contributed by atoms with Crippen LogP contribution in [0.15, 0.2) is 16.7 Å². The van der Waals surface area contributed by atoms with Crippen molar-refractivity contribution in [3.05, 3.63) is 27.5 Å². The van der Waals surface area contributed by atoms with Crippen molar-refractivity contribution >= 4 is 33.5 Å². The second-order valence-corrected chi connectivity index (χ2v) is 3.78. The molecule has 0 amide bonds. The molecule has 0 aliphatic rings. The molecule has 3 nitrogen and oxygen atoms in total. The quantitative estimate of drug-likeness (QED) is 0.452. The van der Waals surface area contributed by atoms with E-state index in [1.165, 1.54) is 7.11 Å². The first-order valence-electron chi connectivity index (χ1n) is 4.00.